The Morgan fingerprint density at radius 2 is 1.54 bits per heavy atom. The van der Waals surface area contributed by atoms with E-state index in [-0.39, 0.29) is 18.1 Å². The van der Waals surface area contributed by atoms with Gasteiger partial charge in [0.1, 0.15) is 17.4 Å². The van der Waals surface area contributed by atoms with E-state index in [1.807, 2.05) is 66.7 Å². The molecule has 6 nitrogen and oxygen atoms in total. The monoisotopic (exact) mass is 573 g/mol. The van der Waals surface area contributed by atoms with Crippen molar-refractivity contribution in [1.29, 1.82) is 5.26 Å². The second-order valence-corrected chi connectivity index (χ2v) is 8.70. The van der Waals surface area contributed by atoms with Gasteiger partial charge in [0, 0.05) is 14.6 Å². The van der Waals surface area contributed by atoms with Gasteiger partial charge in [0.2, 0.25) is 0 Å². The van der Waals surface area contributed by atoms with Crippen LogP contribution >= 0.6 is 22.6 Å². The van der Waals surface area contributed by atoms with Crippen molar-refractivity contribution in [3.63, 3.8) is 0 Å². The SMILES string of the molecule is N#C/C(=C\c1ccc(OCC(=O)Nc2ccccc2I)cc1)C(=O)Nc1cccc2ccccc12. The van der Waals surface area contributed by atoms with Crippen molar-refractivity contribution < 1.29 is 14.3 Å². The minimum Gasteiger partial charge on any atom is -0.484 e. The lowest BCUT2D eigenvalue weighted by Crippen LogP contribution is -2.20. The molecule has 4 aromatic carbocycles. The maximum Gasteiger partial charge on any atom is 0.266 e. The summed E-state index contributed by atoms with van der Waals surface area (Å²) in [7, 11) is 0. The van der Waals surface area contributed by atoms with E-state index in [9.17, 15) is 14.9 Å². The van der Waals surface area contributed by atoms with E-state index in [1.165, 1.54) is 6.08 Å². The Hall–Kier alpha value is -4.16. The molecule has 0 aliphatic carbocycles. The molecule has 0 fully saturated rings. The van der Waals surface area contributed by atoms with Gasteiger partial charge >= 0.3 is 0 Å². The van der Waals surface area contributed by atoms with Gasteiger partial charge in [-0.25, -0.2) is 0 Å². The molecule has 4 rings (SSSR count). The number of carbonyl (C=O) groups excluding carboxylic acids is 2. The summed E-state index contributed by atoms with van der Waals surface area (Å²) in [5.41, 5.74) is 2.00. The first-order chi connectivity index (χ1) is 17.0. The average molecular weight is 573 g/mol. The summed E-state index contributed by atoms with van der Waals surface area (Å²) in [6, 6.07) is 29.6. The Bertz CT molecular complexity index is 1450. The Labute approximate surface area is 216 Å². The number of nitrogens with one attached hydrogen (secondary N) is 2. The largest absolute Gasteiger partial charge is 0.484 e. The lowest BCUT2D eigenvalue weighted by molar-refractivity contribution is -0.118. The Morgan fingerprint density at radius 3 is 2.31 bits per heavy atom. The van der Waals surface area contributed by atoms with Crippen molar-refractivity contribution in [2.45, 2.75) is 0 Å². The molecule has 0 saturated carbocycles. The zero-order valence-electron chi connectivity index (χ0n) is 18.5. The van der Waals surface area contributed by atoms with Crippen molar-refractivity contribution in [2.24, 2.45) is 0 Å². The first-order valence-corrected chi connectivity index (χ1v) is 11.8. The molecule has 2 amide bonds. The van der Waals surface area contributed by atoms with Crippen LogP contribution in [0.2, 0.25) is 0 Å². The first-order valence-electron chi connectivity index (χ1n) is 10.7. The lowest BCUT2D eigenvalue weighted by atomic mass is 10.1. The highest BCUT2D eigenvalue weighted by Gasteiger charge is 2.12. The maximum absolute atomic E-state index is 12.7. The molecule has 0 spiro atoms. The fourth-order valence-electron chi connectivity index (χ4n) is 3.40. The van der Waals surface area contributed by atoms with Gasteiger partial charge in [0.05, 0.1) is 5.69 Å². The Morgan fingerprint density at radius 1 is 0.857 bits per heavy atom. The van der Waals surface area contributed by atoms with Crippen LogP contribution in [-0.2, 0) is 9.59 Å². The van der Waals surface area contributed by atoms with Gasteiger partial charge < -0.3 is 15.4 Å². The van der Waals surface area contributed by atoms with Gasteiger partial charge in [-0.1, -0.05) is 60.7 Å². The van der Waals surface area contributed by atoms with Crippen molar-refractivity contribution in [2.75, 3.05) is 17.2 Å². The van der Waals surface area contributed by atoms with Crippen LogP contribution in [0.5, 0.6) is 5.75 Å². The number of benzene rings is 4. The number of ether oxygens (including phenoxy) is 1. The zero-order valence-corrected chi connectivity index (χ0v) is 20.7. The quantitative estimate of drug-likeness (QED) is 0.161. The molecule has 0 saturated heterocycles. The van der Waals surface area contributed by atoms with Crippen LogP contribution in [0.3, 0.4) is 0 Å². The third kappa shape index (κ3) is 6.25. The number of carbonyl (C=O) groups is 2. The number of anilines is 2. The minimum absolute atomic E-state index is 0.0246. The molecule has 7 heteroatoms. The van der Waals surface area contributed by atoms with E-state index < -0.39 is 5.91 Å². The van der Waals surface area contributed by atoms with Crippen LogP contribution in [0, 0.1) is 14.9 Å². The number of amides is 2. The smallest absolute Gasteiger partial charge is 0.266 e. The van der Waals surface area contributed by atoms with Crippen molar-refractivity contribution in [1.82, 2.24) is 0 Å². The fourth-order valence-corrected chi connectivity index (χ4v) is 3.92. The summed E-state index contributed by atoms with van der Waals surface area (Å²) in [5.74, 6) is -0.259. The van der Waals surface area contributed by atoms with Crippen LogP contribution < -0.4 is 15.4 Å². The second-order valence-electron chi connectivity index (χ2n) is 7.54. The van der Waals surface area contributed by atoms with E-state index in [4.69, 9.17) is 4.74 Å². The normalized spacial score (nSPS) is 10.9. The summed E-state index contributed by atoms with van der Waals surface area (Å²) in [4.78, 5) is 24.9. The predicted molar refractivity (Wildman–Crippen MR) is 146 cm³/mol. The molecule has 2 N–H and O–H groups in total. The first kappa shape index (κ1) is 24.0. The molecule has 0 aliphatic rings. The van der Waals surface area contributed by atoms with Crippen molar-refractivity contribution >= 4 is 62.6 Å². The van der Waals surface area contributed by atoms with E-state index >= 15 is 0 Å². The summed E-state index contributed by atoms with van der Waals surface area (Å²) in [6.07, 6.45) is 1.51. The fraction of sp³-hybridized carbons (Fsp3) is 0.0357. The van der Waals surface area contributed by atoms with Crippen LogP contribution in [0.25, 0.3) is 16.8 Å². The van der Waals surface area contributed by atoms with Crippen LogP contribution in [-0.4, -0.2) is 18.4 Å². The highest BCUT2D eigenvalue weighted by molar-refractivity contribution is 14.1. The number of fused-ring (bicyclic) bond motifs is 1. The van der Waals surface area contributed by atoms with Gasteiger partial charge in [0.25, 0.3) is 11.8 Å². The summed E-state index contributed by atoms with van der Waals surface area (Å²) in [6.45, 7) is -0.142. The molecule has 0 aromatic heterocycles. The molecule has 0 unspecified atom stereocenters. The molecule has 0 atom stereocenters. The summed E-state index contributed by atoms with van der Waals surface area (Å²) >= 11 is 2.15. The van der Waals surface area contributed by atoms with Gasteiger partial charge in [0.15, 0.2) is 6.61 Å². The standard InChI is InChI=1S/C28H20IN3O3/c29-24-9-3-4-10-26(24)31-27(33)18-35-22-14-12-19(13-15-22)16-21(17-30)28(34)32-25-11-5-7-20-6-1-2-8-23(20)25/h1-16H,18H2,(H,31,33)(H,32,34)/b21-16+. The zero-order chi connectivity index (χ0) is 24.6. The second kappa shape index (κ2) is 11.3. The summed E-state index contributed by atoms with van der Waals surface area (Å²) < 4.78 is 6.49. The molecular weight excluding hydrogens is 553 g/mol. The number of hydrogen-bond donors (Lipinski definition) is 2. The number of rotatable bonds is 7. The third-order valence-corrected chi connectivity index (χ3v) is 6.05. The van der Waals surface area contributed by atoms with E-state index in [2.05, 4.69) is 33.2 Å². The van der Waals surface area contributed by atoms with Crippen LogP contribution in [0.4, 0.5) is 11.4 Å². The van der Waals surface area contributed by atoms with Gasteiger partial charge in [-0.2, -0.15) is 5.26 Å². The predicted octanol–water partition coefficient (Wildman–Crippen LogP) is 6.01. The number of nitriles is 1. The molecule has 35 heavy (non-hydrogen) atoms. The highest BCUT2D eigenvalue weighted by Crippen LogP contribution is 2.24. The molecular formula is C28H20IN3O3. The van der Waals surface area contributed by atoms with E-state index in [1.54, 1.807) is 30.3 Å². The molecule has 0 aliphatic heterocycles. The number of para-hydroxylation sites is 1. The van der Waals surface area contributed by atoms with Gasteiger partial charge in [-0.05, 0) is 69.9 Å². The maximum atomic E-state index is 12.7. The van der Waals surface area contributed by atoms with E-state index in [0.717, 1.165) is 20.0 Å². The topological polar surface area (TPSA) is 91.2 Å². The number of halogens is 1. The van der Waals surface area contributed by atoms with E-state index in [0.29, 0.717) is 17.0 Å². The van der Waals surface area contributed by atoms with Crippen molar-refractivity contribution in [3.05, 3.63) is 106 Å². The molecule has 0 bridgehead atoms. The number of hydrogen-bond acceptors (Lipinski definition) is 4. The molecule has 172 valence electrons. The molecule has 0 radical (unpaired) electrons. The van der Waals surface area contributed by atoms with Crippen LogP contribution in [0.1, 0.15) is 5.56 Å². The summed E-state index contributed by atoms with van der Waals surface area (Å²) in [5, 5.41) is 17.1. The van der Waals surface area contributed by atoms with Gasteiger partial charge in [-0.3, -0.25) is 9.59 Å². The van der Waals surface area contributed by atoms with Crippen LogP contribution in [0.15, 0.2) is 96.6 Å². The number of nitrogens with zero attached hydrogens (tertiary/aromatic N) is 1. The molecule has 4 aromatic rings. The minimum atomic E-state index is -0.489. The van der Waals surface area contributed by atoms with Crippen molar-refractivity contribution in [3.8, 4) is 11.8 Å². The highest BCUT2D eigenvalue weighted by atomic mass is 127. The third-order valence-electron chi connectivity index (χ3n) is 5.11. The Kier molecular flexibility index (Phi) is 7.75. The lowest BCUT2D eigenvalue weighted by Gasteiger charge is -2.09. The average Bonchev–Trinajstić information content (AvgIpc) is 2.88. The Balaban J connectivity index is 1.38. The van der Waals surface area contributed by atoms with Gasteiger partial charge in [-0.15, -0.1) is 0 Å². The molecule has 0 heterocycles.